The minimum atomic E-state index is -0.629. The van der Waals surface area contributed by atoms with Gasteiger partial charge in [-0.25, -0.2) is 0 Å². The SMILES string of the molecule is CC(C)COc1ccc(C(=O)Nc2ccc(C3(c4ccc(NC(=O)c5ccc(OCC(C)C)cc5)cc4)c4ccccc4-c4ccccc43)cc2)cc1. The summed E-state index contributed by atoms with van der Waals surface area (Å²) < 4.78 is 11.6. The van der Waals surface area contributed by atoms with E-state index in [0.717, 1.165) is 22.6 Å². The first-order valence-electron chi connectivity index (χ1n) is 18.2. The summed E-state index contributed by atoms with van der Waals surface area (Å²) in [5.41, 5.74) is 8.73. The molecule has 7 rings (SSSR count). The van der Waals surface area contributed by atoms with Crippen molar-refractivity contribution in [2.75, 3.05) is 23.8 Å². The van der Waals surface area contributed by atoms with Crippen LogP contribution < -0.4 is 20.1 Å². The van der Waals surface area contributed by atoms with Crippen LogP contribution in [0.5, 0.6) is 11.5 Å². The number of amides is 2. The average molecular weight is 701 g/mol. The highest BCUT2D eigenvalue weighted by Gasteiger charge is 2.45. The third-order valence-corrected chi connectivity index (χ3v) is 9.50. The fraction of sp³-hybridized carbons (Fsp3) is 0.191. The number of nitrogens with one attached hydrogen (secondary N) is 2. The van der Waals surface area contributed by atoms with Gasteiger partial charge in [-0.2, -0.15) is 0 Å². The third-order valence-electron chi connectivity index (χ3n) is 9.50. The molecular formula is C47H44N2O4. The van der Waals surface area contributed by atoms with Crippen molar-refractivity contribution in [3.8, 4) is 22.6 Å². The molecule has 6 aromatic rings. The van der Waals surface area contributed by atoms with E-state index in [9.17, 15) is 9.59 Å². The number of anilines is 2. The van der Waals surface area contributed by atoms with E-state index in [0.29, 0.717) is 47.6 Å². The van der Waals surface area contributed by atoms with Gasteiger partial charge >= 0.3 is 0 Å². The molecule has 2 N–H and O–H groups in total. The topological polar surface area (TPSA) is 76.7 Å². The summed E-state index contributed by atoms with van der Waals surface area (Å²) in [5.74, 6) is 1.95. The number of carbonyl (C=O) groups is 2. The molecule has 0 bridgehead atoms. The summed E-state index contributed by atoms with van der Waals surface area (Å²) in [4.78, 5) is 26.4. The van der Waals surface area contributed by atoms with Gasteiger partial charge in [0.1, 0.15) is 11.5 Å². The first-order chi connectivity index (χ1) is 25.7. The summed E-state index contributed by atoms with van der Waals surface area (Å²) in [5, 5.41) is 6.12. The molecule has 0 heterocycles. The summed E-state index contributed by atoms with van der Waals surface area (Å²) in [6, 6.07) is 47.8. The second kappa shape index (κ2) is 15.2. The van der Waals surface area contributed by atoms with E-state index in [1.165, 1.54) is 22.3 Å². The van der Waals surface area contributed by atoms with Crippen molar-refractivity contribution in [2.24, 2.45) is 11.8 Å². The van der Waals surface area contributed by atoms with Crippen LogP contribution >= 0.6 is 0 Å². The fourth-order valence-electron chi connectivity index (χ4n) is 6.97. The van der Waals surface area contributed by atoms with E-state index in [2.05, 4.69) is 111 Å². The molecule has 0 unspecified atom stereocenters. The lowest BCUT2D eigenvalue weighted by molar-refractivity contribution is 0.101. The number of carbonyl (C=O) groups excluding carboxylic acids is 2. The van der Waals surface area contributed by atoms with Crippen molar-refractivity contribution < 1.29 is 19.1 Å². The molecule has 1 aliphatic rings. The number of fused-ring (bicyclic) bond motifs is 3. The predicted octanol–water partition coefficient (Wildman–Crippen LogP) is 10.6. The van der Waals surface area contributed by atoms with E-state index in [1.807, 2.05) is 48.5 Å². The third kappa shape index (κ3) is 7.31. The lowest BCUT2D eigenvalue weighted by Crippen LogP contribution is -2.28. The molecule has 6 aromatic carbocycles. The molecule has 0 aliphatic heterocycles. The van der Waals surface area contributed by atoms with Gasteiger partial charge in [0.2, 0.25) is 0 Å². The highest BCUT2D eigenvalue weighted by molar-refractivity contribution is 6.05. The molecule has 0 spiro atoms. The Morgan fingerprint density at radius 1 is 0.491 bits per heavy atom. The highest BCUT2D eigenvalue weighted by atomic mass is 16.5. The van der Waals surface area contributed by atoms with Gasteiger partial charge in [-0.15, -0.1) is 0 Å². The first kappa shape index (κ1) is 35.3. The van der Waals surface area contributed by atoms with Crippen LogP contribution in [0.25, 0.3) is 11.1 Å². The van der Waals surface area contributed by atoms with Crippen molar-refractivity contribution in [3.05, 3.63) is 179 Å². The van der Waals surface area contributed by atoms with Gasteiger partial charge in [-0.05, 0) is 118 Å². The van der Waals surface area contributed by atoms with Gasteiger partial charge in [-0.3, -0.25) is 9.59 Å². The van der Waals surface area contributed by atoms with E-state index in [-0.39, 0.29) is 11.8 Å². The Balaban J connectivity index is 1.17. The standard InChI is InChI=1S/C47H44N2O4/c1-31(2)29-52-39-25-13-33(14-26-39)45(50)48-37-21-17-35(18-22-37)47(43-11-7-5-9-41(43)42-10-6-8-12-44(42)47)36-19-23-38(24-20-36)49-46(51)34-15-27-40(28-16-34)53-30-32(3)4/h5-28,31-32H,29-30H2,1-4H3,(H,48,50)(H,49,51). The van der Waals surface area contributed by atoms with E-state index in [1.54, 1.807) is 24.3 Å². The molecule has 6 nitrogen and oxygen atoms in total. The zero-order valence-corrected chi connectivity index (χ0v) is 30.6. The minimum absolute atomic E-state index is 0.188. The van der Waals surface area contributed by atoms with Gasteiger partial charge in [-0.1, -0.05) is 100 Å². The van der Waals surface area contributed by atoms with Crippen LogP contribution in [0, 0.1) is 11.8 Å². The molecule has 53 heavy (non-hydrogen) atoms. The van der Waals surface area contributed by atoms with Crippen molar-refractivity contribution >= 4 is 23.2 Å². The number of ether oxygens (including phenoxy) is 2. The smallest absolute Gasteiger partial charge is 0.255 e. The normalized spacial score (nSPS) is 12.6. The Morgan fingerprint density at radius 3 is 1.21 bits per heavy atom. The van der Waals surface area contributed by atoms with Gasteiger partial charge in [0, 0.05) is 22.5 Å². The quantitative estimate of drug-likeness (QED) is 0.133. The Labute approximate surface area is 311 Å². The van der Waals surface area contributed by atoms with Gasteiger partial charge in [0.25, 0.3) is 11.8 Å². The highest BCUT2D eigenvalue weighted by Crippen LogP contribution is 2.56. The molecule has 0 radical (unpaired) electrons. The first-order valence-corrected chi connectivity index (χ1v) is 18.2. The van der Waals surface area contributed by atoms with E-state index < -0.39 is 5.41 Å². The average Bonchev–Trinajstić information content (AvgIpc) is 3.48. The Hall–Kier alpha value is -6.14. The molecule has 266 valence electrons. The molecule has 0 saturated carbocycles. The van der Waals surface area contributed by atoms with Crippen LogP contribution in [0.2, 0.25) is 0 Å². The maximum absolute atomic E-state index is 13.2. The maximum Gasteiger partial charge on any atom is 0.255 e. The van der Waals surface area contributed by atoms with Crippen LogP contribution in [0.3, 0.4) is 0 Å². The van der Waals surface area contributed by atoms with Crippen LogP contribution in [-0.4, -0.2) is 25.0 Å². The largest absolute Gasteiger partial charge is 0.493 e. The molecule has 0 aromatic heterocycles. The molecule has 0 atom stereocenters. The molecule has 2 amide bonds. The fourth-order valence-corrected chi connectivity index (χ4v) is 6.97. The van der Waals surface area contributed by atoms with Crippen molar-refractivity contribution in [1.29, 1.82) is 0 Å². The number of hydrogen-bond acceptors (Lipinski definition) is 4. The van der Waals surface area contributed by atoms with Gasteiger partial charge in [0.05, 0.1) is 18.6 Å². The Morgan fingerprint density at radius 2 is 0.849 bits per heavy atom. The van der Waals surface area contributed by atoms with Gasteiger partial charge < -0.3 is 20.1 Å². The lowest BCUT2D eigenvalue weighted by Gasteiger charge is -2.34. The van der Waals surface area contributed by atoms with Crippen LogP contribution in [-0.2, 0) is 5.41 Å². The maximum atomic E-state index is 13.2. The second-order valence-electron chi connectivity index (χ2n) is 14.4. The van der Waals surface area contributed by atoms with E-state index >= 15 is 0 Å². The molecule has 0 saturated heterocycles. The Kier molecular flexibility index (Phi) is 10.1. The zero-order valence-electron chi connectivity index (χ0n) is 30.6. The van der Waals surface area contributed by atoms with E-state index in [4.69, 9.17) is 9.47 Å². The molecular weight excluding hydrogens is 657 g/mol. The number of benzene rings is 6. The monoisotopic (exact) mass is 700 g/mol. The molecule has 1 aliphatic carbocycles. The van der Waals surface area contributed by atoms with Crippen LogP contribution in [0.15, 0.2) is 146 Å². The minimum Gasteiger partial charge on any atom is -0.493 e. The molecule has 0 fully saturated rings. The lowest BCUT2D eigenvalue weighted by atomic mass is 9.67. The Bertz CT molecular complexity index is 2040. The summed E-state index contributed by atoms with van der Waals surface area (Å²) in [6.45, 7) is 9.65. The van der Waals surface area contributed by atoms with Crippen molar-refractivity contribution in [1.82, 2.24) is 0 Å². The number of hydrogen-bond donors (Lipinski definition) is 2. The summed E-state index contributed by atoms with van der Waals surface area (Å²) >= 11 is 0. The van der Waals surface area contributed by atoms with Crippen molar-refractivity contribution in [2.45, 2.75) is 33.1 Å². The zero-order chi connectivity index (χ0) is 37.0. The molecule has 6 heteroatoms. The second-order valence-corrected chi connectivity index (χ2v) is 14.4. The predicted molar refractivity (Wildman–Crippen MR) is 213 cm³/mol. The van der Waals surface area contributed by atoms with Gasteiger partial charge in [0.15, 0.2) is 0 Å². The summed E-state index contributed by atoms with van der Waals surface area (Å²) in [7, 11) is 0. The summed E-state index contributed by atoms with van der Waals surface area (Å²) in [6.07, 6.45) is 0. The van der Waals surface area contributed by atoms with Crippen molar-refractivity contribution in [3.63, 3.8) is 0 Å². The van der Waals surface area contributed by atoms with Crippen LogP contribution in [0.4, 0.5) is 11.4 Å². The number of rotatable bonds is 12. The van der Waals surface area contributed by atoms with Crippen LogP contribution in [0.1, 0.15) is 70.7 Å².